The number of nitrogens with one attached hydrogen (secondary N) is 2. The zero-order valence-electron chi connectivity index (χ0n) is 14.8. The van der Waals surface area contributed by atoms with E-state index in [1.54, 1.807) is 24.3 Å². The molecule has 2 heterocycles. The second-order valence-electron chi connectivity index (χ2n) is 6.48. The van der Waals surface area contributed by atoms with E-state index in [1.165, 1.54) is 11.8 Å². The summed E-state index contributed by atoms with van der Waals surface area (Å²) in [6, 6.07) is 12.5. The largest absolute Gasteiger partial charge is 0.310 e. The molecule has 1 aliphatic rings. The van der Waals surface area contributed by atoms with Crippen LogP contribution < -0.4 is 10.9 Å². The number of amides is 1. The third-order valence-electron chi connectivity index (χ3n) is 4.59. The predicted molar refractivity (Wildman–Crippen MR) is 117 cm³/mol. The van der Waals surface area contributed by atoms with Crippen LogP contribution in [0.15, 0.2) is 52.4 Å². The second-order valence-corrected chi connectivity index (χ2v) is 8.70. The number of hydrogen-bond acceptors (Lipinski definition) is 4. The molecule has 0 saturated heterocycles. The molecular formula is C20H14Cl3N3O2S. The highest BCUT2D eigenvalue weighted by molar-refractivity contribution is 7.98. The fourth-order valence-corrected chi connectivity index (χ4v) is 4.92. The second kappa shape index (κ2) is 8.40. The standard InChI is InChI=1S/C20H14Cl3N3O2S/c21-11-5-6-12(15(23)7-11)13-8-16(27)24-18-17(13)19(28)26-20(25-18)29-9-10-3-1-2-4-14(10)22/h1-7,13H,8-9H2,(H2,24,25,26,27,28). The van der Waals surface area contributed by atoms with E-state index in [0.717, 1.165) is 5.56 Å². The molecule has 29 heavy (non-hydrogen) atoms. The Balaban J connectivity index is 1.69. The van der Waals surface area contributed by atoms with Crippen LogP contribution in [0.4, 0.5) is 5.82 Å². The number of H-pyrrole nitrogens is 1. The van der Waals surface area contributed by atoms with Crippen molar-refractivity contribution in [3.63, 3.8) is 0 Å². The average molecular weight is 467 g/mol. The Hall–Kier alpha value is -1.99. The number of carbonyl (C=O) groups excluding carboxylic acids is 1. The first-order valence-electron chi connectivity index (χ1n) is 8.67. The number of anilines is 1. The predicted octanol–water partition coefficient (Wildman–Crippen LogP) is 5.50. The highest BCUT2D eigenvalue weighted by atomic mass is 35.5. The minimum Gasteiger partial charge on any atom is -0.310 e. The van der Waals surface area contributed by atoms with E-state index in [9.17, 15) is 9.59 Å². The van der Waals surface area contributed by atoms with Crippen LogP contribution >= 0.6 is 46.6 Å². The first-order valence-corrected chi connectivity index (χ1v) is 10.8. The Kier molecular flexibility index (Phi) is 5.88. The van der Waals surface area contributed by atoms with Gasteiger partial charge in [-0.25, -0.2) is 4.98 Å². The molecule has 1 aliphatic heterocycles. The van der Waals surface area contributed by atoms with Gasteiger partial charge in [0.1, 0.15) is 5.82 Å². The lowest BCUT2D eigenvalue weighted by Gasteiger charge is -2.25. The molecule has 5 nitrogen and oxygen atoms in total. The first kappa shape index (κ1) is 20.3. The van der Waals surface area contributed by atoms with E-state index in [4.69, 9.17) is 34.8 Å². The van der Waals surface area contributed by atoms with Crippen LogP contribution in [-0.2, 0) is 10.5 Å². The van der Waals surface area contributed by atoms with Gasteiger partial charge in [-0.3, -0.25) is 9.59 Å². The highest BCUT2D eigenvalue weighted by Gasteiger charge is 2.32. The molecule has 1 amide bonds. The van der Waals surface area contributed by atoms with E-state index in [0.29, 0.717) is 37.1 Å². The molecule has 0 bridgehead atoms. The maximum atomic E-state index is 12.9. The van der Waals surface area contributed by atoms with E-state index in [-0.39, 0.29) is 23.7 Å². The van der Waals surface area contributed by atoms with E-state index in [1.807, 2.05) is 18.2 Å². The van der Waals surface area contributed by atoms with Gasteiger partial charge >= 0.3 is 0 Å². The number of halogens is 3. The Bertz CT molecular complexity index is 1170. The molecule has 2 aromatic carbocycles. The van der Waals surface area contributed by atoms with Crippen LogP contribution in [0.3, 0.4) is 0 Å². The molecule has 1 unspecified atom stereocenters. The smallest absolute Gasteiger partial charge is 0.257 e. The molecule has 4 rings (SSSR count). The van der Waals surface area contributed by atoms with E-state index in [2.05, 4.69) is 15.3 Å². The van der Waals surface area contributed by atoms with Crippen molar-refractivity contribution >= 4 is 58.3 Å². The minimum atomic E-state index is -0.498. The molecule has 148 valence electrons. The van der Waals surface area contributed by atoms with Crippen molar-refractivity contribution < 1.29 is 4.79 Å². The van der Waals surface area contributed by atoms with Gasteiger partial charge in [-0.05, 0) is 29.3 Å². The molecule has 0 radical (unpaired) electrons. The molecular weight excluding hydrogens is 453 g/mol. The molecule has 1 aromatic heterocycles. The topological polar surface area (TPSA) is 74.8 Å². The molecule has 3 aromatic rings. The normalized spacial score (nSPS) is 15.7. The van der Waals surface area contributed by atoms with Crippen LogP contribution in [0.1, 0.15) is 29.0 Å². The number of fused-ring (bicyclic) bond motifs is 1. The Labute approximate surface area is 185 Å². The lowest BCUT2D eigenvalue weighted by atomic mass is 9.87. The third-order valence-corrected chi connectivity index (χ3v) is 6.44. The SMILES string of the molecule is O=C1CC(c2ccc(Cl)cc2Cl)c2c(nc(SCc3ccccc3Cl)[nH]c2=O)N1. The van der Waals surface area contributed by atoms with Crippen LogP contribution in [0.2, 0.25) is 15.1 Å². The monoisotopic (exact) mass is 465 g/mol. The lowest BCUT2D eigenvalue weighted by molar-refractivity contribution is -0.116. The van der Waals surface area contributed by atoms with Crippen molar-refractivity contribution in [1.82, 2.24) is 9.97 Å². The molecule has 0 aliphatic carbocycles. The summed E-state index contributed by atoms with van der Waals surface area (Å²) < 4.78 is 0. The fraction of sp³-hybridized carbons (Fsp3) is 0.150. The summed E-state index contributed by atoms with van der Waals surface area (Å²) in [5, 5.41) is 4.63. The quantitative estimate of drug-likeness (QED) is 0.393. The van der Waals surface area contributed by atoms with E-state index >= 15 is 0 Å². The van der Waals surface area contributed by atoms with Crippen molar-refractivity contribution in [2.24, 2.45) is 0 Å². The molecule has 2 N–H and O–H groups in total. The van der Waals surface area contributed by atoms with Crippen LogP contribution in [0.5, 0.6) is 0 Å². The number of nitrogens with zero attached hydrogens (tertiary/aromatic N) is 1. The molecule has 0 fully saturated rings. The Morgan fingerprint density at radius 3 is 2.62 bits per heavy atom. The number of hydrogen-bond donors (Lipinski definition) is 2. The number of benzene rings is 2. The van der Waals surface area contributed by atoms with Crippen LogP contribution in [-0.4, -0.2) is 15.9 Å². The maximum Gasteiger partial charge on any atom is 0.257 e. The fourth-order valence-electron chi connectivity index (χ4n) is 3.23. The molecule has 9 heteroatoms. The zero-order valence-corrected chi connectivity index (χ0v) is 17.9. The number of carbonyl (C=O) groups is 1. The summed E-state index contributed by atoms with van der Waals surface area (Å²) in [5.74, 6) is 0.0562. The summed E-state index contributed by atoms with van der Waals surface area (Å²) in [5.41, 5.74) is 1.66. The number of thioether (sulfide) groups is 1. The summed E-state index contributed by atoms with van der Waals surface area (Å²) in [7, 11) is 0. The molecule has 1 atom stereocenters. The van der Waals surface area contributed by atoms with Gasteiger partial charge in [0, 0.05) is 33.2 Å². The minimum absolute atomic E-state index is 0.102. The summed E-state index contributed by atoms with van der Waals surface area (Å²) in [4.78, 5) is 32.4. The third kappa shape index (κ3) is 4.31. The summed E-state index contributed by atoms with van der Waals surface area (Å²) in [6.07, 6.45) is 0.102. The summed E-state index contributed by atoms with van der Waals surface area (Å²) in [6.45, 7) is 0. The van der Waals surface area contributed by atoms with Gasteiger partial charge in [-0.15, -0.1) is 0 Å². The van der Waals surface area contributed by atoms with Crippen LogP contribution in [0, 0.1) is 0 Å². The average Bonchev–Trinajstić information content (AvgIpc) is 2.66. The van der Waals surface area contributed by atoms with Gasteiger partial charge in [0.15, 0.2) is 5.16 Å². The van der Waals surface area contributed by atoms with Crippen LogP contribution in [0.25, 0.3) is 0 Å². The van der Waals surface area contributed by atoms with Crippen molar-refractivity contribution in [2.75, 3.05) is 5.32 Å². The number of aromatic amines is 1. The molecule has 0 spiro atoms. The van der Waals surface area contributed by atoms with Crippen molar-refractivity contribution in [2.45, 2.75) is 23.2 Å². The van der Waals surface area contributed by atoms with Gasteiger partial charge in [0.05, 0.1) is 5.56 Å². The zero-order chi connectivity index (χ0) is 20.5. The number of rotatable bonds is 4. The Morgan fingerprint density at radius 1 is 1.07 bits per heavy atom. The summed E-state index contributed by atoms with van der Waals surface area (Å²) >= 11 is 19.8. The van der Waals surface area contributed by atoms with Crippen molar-refractivity contribution in [3.8, 4) is 0 Å². The van der Waals surface area contributed by atoms with Gasteiger partial charge in [-0.2, -0.15) is 0 Å². The van der Waals surface area contributed by atoms with Gasteiger partial charge in [-0.1, -0.05) is 70.8 Å². The van der Waals surface area contributed by atoms with Crippen molar-refractivity contribution in [1.29, 1.82) is 0 Å². The number of aromatic nitrogens is 2. The maximum absolute atomic E-state index is 12.9. The van der Waals surface area contributed by atoms with Crippen molar-refractivity contribution in [3.05, 3.63) is 84.6 Å². The van der Waals surface area contributed by atoms with Gasteiger partial charge in [0.25, 0.3) is 5.56 Å². The molecule has 0 saturated carbocycles. The van der Waals surface area contributed by atoms with Gasteiger partial charge in [0.2, 0.25) is 5.91 Å². The lowest BCUT2D eigenvalue weighted by Crippen LogP contribution is -2.31. The first-order chi connectivity index (χ1) is 13.9. The Morgan fingerprint density at radius 2 is 1.86 bits per heavy atom. The highest BCUT2D eigenvalue weighted by Crippen LogP contribution is 2.38. The van der Waals surface area contributed by atoms with E-state index < -0.39 is 5.92 Å². The van der Waals surface area contributed by atoms with Gasteiger partial charge < -0.3 is 10.3 Å².